The fraction of sp³-hybridized carbons (Fsp3) is 0.625. The zero-order chi connectivity index (χ0) is 14.7. The Kier molecular flexibility index (Phi) is 4.93. The molecule has 1 aromatic carbocycles. The lowest BCUT2D eigenvalue weighted by Gasteiger charge is -2.34. The van der Waals surface area contributed by atoms with Gasteiger partial charge in [-0.15, -0.1) is 0 Å². The van der Waals surface area contributed by atoms with Crippen molar-refractivity contribution in [2.45, 2.75) is 37.2 Å². The summed E-state index contributed by atoms with van der Waals surface area (Å²) in [5.41, 5.74) is 1.12. The molecule has 0 amide bonds. The van der Waals surface area contributed by atoms with Gasteiger partial charge in [0, 0.05) is 23.0 Å². The minimum Gasteiger partial charge on any atom is -0.492 e. The fourth-order valence-corrected chi connectivity index (χ4v) is 4.75. The number of benzene rings is 1. The Bertz CT molecular complexity index is 502. The molecule has 0 aliphatic carbocycles. The third-order valence-electron chi connectivity index (χ3n) is 4.16. The summed E-state index contributed by atoms with van der Waals surface area (Å²) in [6, 6.07) is 8.14. The largest absolute Gasteiger partial charge is 0.492 e. The number of rotatable bonds is 5. The zero-order valence-electron chi connectivity index (χ0n) is 12.4. The second kappa shape index (κ2) is 6.90. The Morgan fingerprint density at radius 1 is 1.38 bits per heavy atom. The molecule has 2 aliphatic rings. The maximum atomic E-state index is 12.8. The average Bonchev–Trinajstić information content (AvgIpc) is 3.00. The monoisotopic (exact) mass is 309 g/mol. The standard InChI is InChI=1S/C16H23NO3S/c1-2-17-16-13-7-3-4-8-14(13)20-10-15(16)21(18)11-12-6-5-9-19-12/h3-4,7-8,12,15-17H,2,5-6,9-11H2,1H3. The lowest BCUT2D eigenvalue weighted by molar-refractivity contribution is 0.127. The molecule has 2 heterocycles. The van der Waals surface area contributed by atoms with Crippen molar-refractivity contribution in [1.82, 2.24) is 5.32 Å². The molecular formula is C16H23NO3S. The summed E-state index contributed by atoms with van der Waals surface area (Å²) in [5.74, 6) is 1.53. The van der Waals surface area contributed by atoms with Crippen molar-refractivity contribution in [2.24, 2.45) is 0 Å². The van der Waals surface area contributed by atoms with E-state index in [0.717, 1.165) is 37.3 Å². The van der Waals surface area contributed by atoms with Crippen molar-refractivity contribution in [3.05, 3.63) is 29.8 Å². The Morgan fingerprint density at radius 3 is 3.00 bits per heavy atom. The highest BCUT2D eigenvalue weighted by molar-refractivity contribution is 7.85. The molecule has 4 nitrogen and oxygen atoms in total. The van der Waals surface area contributed by atoms with Gasteiger partial charge in [0.2, 0.25) is 0 Å². The van der Waals surface area contributed by atoms with E-state index in [-0.39, 0.29) is 17.4 Å². The van der Waals surface area contributed by atoms with Crippen LogP contribution in [0.15, 0.2) is 24.3 Å². The van der Waals surface area contributed by atoms with Crippen LogP contribution in [0.25, 0.3) is 0 Å². The van der Waals surface area contributed by atoms with Crippen molar-refractivity contribution in [2.75, 3.05) is 25.5 Å². The number of fused-ring (bicyclic) bond motifs is 1. The highest BCUT2D eigenvalue weighted by Crippen LogP contribution is 2.34. The lowest BCUT2D eigenvalue weighted by Crippen LogP contribution is -2.43. The van der Waals surface area contributed by atoms with Crippen LogP contribution in [0.2, 0.25) is 0 Å². The number of para-hydroxylation sites is 1. The summed E-state index contributed by atoms with van der Waals surface area (Å²) in [7, 11) is -0.948. The van der Waals surface area contributed by atoms with Crippen LogP contribution in [-0.4, -0.2) is 41.1 Å². The quantitative estimate of drug-likeness (QED) is 0.904. The van der Waals surface area contributed by atoms with Crippen LogP contribution in [-0.2, 0) is 15.5 Å². The summed E-state index contributed by atoms with van der Waals surface area (Å²) in [6.07, 6.45) is 2.27. The van der Waals surface area contributed by atoms with Crippen LogP contribution in [0.1, 0.15) is 31.4 Å². The number of nitrogens with one attached hydrogen (secondary N) is 1. The molecule has 1 N–H and O–H groups in total. The molecule has 3 rings (SSSR count). The molecule has 0 aromatic heterocycles. The predicted octanol–water partition coefficient (Wildman–Crippen LogP) is 2.03. The molecule has 0 bridgehead atoms. The van der Waals surface area contributed by atoms with Crippen LogP contribution in [0.3, 0.4) is 0 Å². The zero-order valence-corrected chi connectivity index (χ0v) is 13.2. The Morgan fingerprint density at radius 2 is 2.24 bits per heavy atom. The van der Waals surface area contributed by atoms with Gasteiger partial charge in [0.25, 0.3) is 0 Å². The summed E-state index contributed by atoms with van der Waals surface area (Å²) < 4.78 is 24.2. The summed E-state index contributed by atoms with van der Waals surface area (Å²) in [6.45, 7) is 4.25. The van der Waals surface area contributed by atoms with E-state index in [4.69, 9.17) is 9.47 Å². The van der Waals surface area contributed by atoms with Gasteiger partial charge in [-0.2, -0.15) is 0 Å². The first-order valence-electron chi connectivity index (χ1n) is 7.73. The molecule has 0 radical (unpaired) electrons. The molecule has 4 unspecified atom stereocenters. The minimum absolute atomic E-state index is 0.0101. The number of ether oxygens (including phenoxy) is 2. The summed E-state index contributed by atoms with van der Waals surface area (Å²) in [4.78, 5) is 0. The second-order valence-electron chi connectivity index (χ2n) is 5.61. The number of hydrogen-bond acceptors (Lipinski definition) is 4. The van der Waals surface area contributed by atoms with E-state index in [0.29, 0.717) is 12.4 Å². The van der Waals surface area contributed by atoms with Crippen LogP contribution in [0.5, 0.6) is 5.75 Å². The minimum atomic E-state index is -0.948. The Labute approximate surface area is 128 Å². The van der Waals surface area contributed by atoms with E-state index in [1.807, 2.05) is 18.2 Å². The molecule has 116 valence electrons. The second-order valence-corrected chi connectivity index (χ2v) is 7.31. The van der Waals surface area contributed by atoms with Gasteiger partial charge < -0.3 is 14.8 Å². The van der Waals surface area contributed by atoms with Gasteiger partial charge in [-0.3, -0.25) is 4.21 Å². The first-order chi connectivity index (χ1) is 10.3. The smallest absolute Gasteiger partial charge is 0.124 e. The first kappa shape index (κ1) is 15.0. The van der Waals surface area contributed by atoms with Crippen LogP contribution < -0.4 is 10.1 Å². The molecule has 1 aromatic rings. The molecule has 0 saturated carbocycles. The third-order valence-corrected chi connectivity index (χ3v) is 5.95. The van der Waals surface area contributed by atoms with Crippen molar-refractivity contribution in [1.29, 1.82) is 0 Å². The van der Waals surface area contributed by atoms with Crippen molar-refractivity contribution >= 4 is 10.8 Å². The summed E-state index contributed by atoms with van der Waals surface area (Å²) in [5, 5.41) is 3.47. The van der Waals surface area contributed by atoms with E-state index >= 15 is 0 Å². The first-order valence-corrected chi connectivity index (χ1v) is 9.11. The lowest BCUT2D eigenvalue weighted by atomic mass is 10.0. The molecule has 5 heteroatoms. The van der Waals surface area contributed by atoms with Crippen molar-refractivity contribution < 1.29 is 13.7 Å². The predicted molar refractivity (Wildman–Crippen MR) is 84.1 cm³/mol. The van der Waals surface area contributed by atoms with Gasteiger partial charge in [0.1, 0.15) is 12.4 Å². The van der Waals surface area contributed by atoms with E-state index in [2.05, 4.69) is 18.3 Å². The molecule has 2 aliphatic heterocycles. The van der Waals surface area contributed by atoms with Crippen LogP contribution in [0.4, 0.5) is 0 Å². The molecule has 0 spiro atoms. The molecule has 4 atom stereocenters. The molecular weight excluding hydrogens is 286 g/mol. The van der Waals surface area contributed by atoms with Gasteiger partial charge in [-0.05, 0) is 25.5 Å². The maximum Gasteiger partial charge on any atom is 0.124 e. The van der Waals surface area contributed by atoms with E-state index < -0.39 is 10.8 Å². The van der Waals surface area contributed by atoms with Gasteiger partial charge in [0.15, 0.2) is 0 Å². The highest BCUT2D eigenvalue weighted by atomic mass is 32.2. The van der Waals surface area contributed by atoms with Gasteiger partial charge in [-0.25, -0.2) is 0 Å². The molecule has 1 fully saturated rings. The van der Waals surface area contributed by atoms with Gasteiger partial charge >= 0.3 is 0 Å². The average molecular weight is 309 g/mol. The molecule has 21 heavy (non-hydrogen) atoms. The van der Waals surface area contributed by atoms with Crippen LogP contribution in [0, 0.1) is 0 Å². The van der Waals surface area contributed by atoms with Crippen molar-refractivity contribution in [3.8, 4) is 5.75 Å². The summed E-state index contributed by atoms with van der Waals surface area (Å²) >= 11 is 0. The molecule has 1 saturated heterocycles. The van der Waals surface area contributed by atoms with Crippen molar-refractivity contribution in [3.63, 3.8) is 0 Å². The van der Waals surface area contributed by atoms with E-state index in [9.17, 15) is 4.21 Å². The SMILES string of the molecule is CCNC1c2ccccc2OCC1S(=O)CC1CCCO1. The normalized spacial score (nSPS) is 29.7. The maximum absolute atomic E-state index is 12.8. The Balaban J connectivity index is 1.76. The Hall–Kier alpha value is -0.910. The van der Waals surface area contributed by atoms with E-state index in [1.54, 1.807) is 0 Å². The van der Waals surface area contributed by atoms with Gasteiger partial charge in [-0.1, -0.05) is 25.1 Å². The van der Waals surface area contributed by atoms with Crippen LogP contribution >= 0.6 is 0 Å². The topological polar surface area (TPSA) is 47.6 Å². The fourth-order valence-electron chi connectivity index (χ4n) is 3.11. The van der Waals surface area contributed by atoms with E-state index in [1.165, 1.54) is 0 Å². The van der Waals surface area contributed by atoms with Gasteiger partial charge in [0.05, 0.1) is 23.1 Å². The number of hydrogen-bond donors (Lipinski definition) is 1. The highest BCUT2D eigenvalue weighted by Gasteiger charge is 2.35. The third kappa shape index (κ3) is 3.30.